The number of halogens is 1. The zero-order valence-electron chi connectivity index (χ0n) is 9.93. The van der Waals surface area contributed by atoms with E-state index in [2.05, 4.69) is 9.97 Å². The fourth-order valence-corrected chi connectivity index (χ4v) is 0.737. The Balaban J connectivity index is 2.51. The Bertz CT molecular complexity index is 408. The summed E-state index contributed by atoms with van der Waals surface area (Å²) in [4.78, 5) is 7.39. The van der Waals surface area contributed by atoms with Gasteiger partial charge in [-0.05, 0) is 18.8 Å². The summed E-state index contributed by atoms with van der Waals surface area (Å²) in [5, 5.41) is 0.0742. The van der Waals surface area contributed by atoms with Crippen LogP contribution in [0.25, 0.3) is 0 Å². The molecule has 1 aliphatic rings. The van der Waals surface area contributed by atoms with Gasteiger partial charge in [-0.2, -0.15) is 0 Å². The first kappa shape index (κ1) is 2.78. The molecule has 0 radical (unpaired) electrons. The molecule has 1 fully saturated rings. The number of rotatable bonds is 1. The fraction of sp³-hybridized carbons (Fsp3) is 0.429. The van der Waals surface area contributed by atoms with E-state index >= 15 is 0 Å². The van der Waals surface area contributed by atoms with E-state index in [1.165, 1.54) is 12.3 Å². The van der Waals surface area contributed by atoms with Gasteiger partial charge in [0.1, 0.15) is 11.0 Å². The lowest BCUT2D eigenvalue weighted by Gasteiger charge is -1.93. The van der Waals surface area contributed by atoms with Crippen LogP contribution in [0.4, 0.5) is 0 Å². The molecule has 0 unspecified atom stereocenters. The molecule has 3 heteroatoms. The van der Waals surface area contributed by atoms with E-state index in [4.69, 9.17) is 18.5 Å². The van der Waals surface area contributed by atoms with Gasteiger partial charge < -0.3 is 0 Å². The number of hydrogen-bond donors (Lipinski definition) is 0. The zero-order chi connectivity index (χ0) is 11.5. The molecule has 1 aromatic rings. The van der Waals surface area contributed by atoms with Crippen LogP contribution < -0.4 is 0 Å². The van der Waals surface area contributed by atoms with Gasteiger partial charge in [-0.3, -0.25) is 0 Å². The molecule has 0 saturated heterocycles. The Morgan fingerprint density at radius 3 is 3.20 bits per heavy atom. The maximum atomic E-state index is 7.75. The Hall–Kier alpha value is -0.630. The van der Waals surface area contributed by atoms with Gasteiger partial charge in [0.15, 0.2) is 0 Å². The van der Waals surface area contributed by atoms with Crippen molar-refractivity contribution in [2.45, 2.75) is 18.6 Å². The maximum absolute atomic E-state index is 7.75. The van der Waals surface area contributed by atoms with E-state index in [1.807, 2.05) is 0 Å². The van der Waals surface area contributed by atoms with Gasteiger partial charge in [-0.25, -0.2) is 9.97 Å². The van der Waals surface area contributed by atoms with Crippen LogP contribution in [-0.4, -0.2) is 9.97 Å². The molecule has 1 saturated carbocycles. The number of aromatic nitrogens is 2. The molecule has 0 N–H and O–H groups in total. The van der Waals surface area contributed by atoms with Crippen LogP contribution in [0.1, 0.15) is 31.3 Å². The molecule has 0 spiro atoms. The molecule has 0 atom stereocenters. The SMILES string of the molecule is [2H]C1([2H])C([2H])([2H])C1([2H])c1nccc(Cl)n1. The van der Waals surface area contributed by atoms with Crippen molar-refractivity contribution in [3.05, 3.63) is 23.2 Å². The third kappa shape index (κ3) is 1.12. The molecule has 1 aromatic heterocycles. The second-order valence-electron chi connectivity index (χ2n) is 1.83. The molecule has 52 valence electrons. The van der Waals surface area contributed by atoms with Crippen LogP contribution in [0, 0.1) is 0 Å². The van der Waals surface area contributed by atoms with E-state index in [-0.39, 0.29) is 11.0 Å². The van der Waals surface area contributed by atoms with Crippen LogP contribution in [0.3, 0.4) is 0 Å². The van der Waals surface area contributed by atoms with Crippen LogP contribution in [-0.2, 0) is 0 Å². The Labute approximate surface area is 71.3 Å². The van der Waals surface area contributed by atoms with Crippen molar-refractivity contribution in [1.29, 1.82) is 0 Å². The highest BCUT2D eigenvalue weighted by molar-refractivity contribution is 6.29. The van der Waals surface area contributed by atoms with Crippen molar-refractivity contribution >= 4 is 11.6 Å². The van der Waals surface area contributed by atoms with E-state index in [0.29, 0.717) is 0 Å². The van der Waals surface area contributed by atoms with Crippen molar-refractivity contribution in [1.82, 2.24) is 9.97 Å². The van der Waals surface area contributed by atoms with Crippen molar-refractivity contribution < 1.29 is 6.85 Å². The molecule has 1 aliphatic carbocycles. The third-order valence-electron chi connectivity index (χ3n) is 1.10. The highest BCUT2D eigenvalue weighted by Gasteiger charge is 2.26. The van der Waals surface area contributed by atoms with Crippen molar-refractivity contribution in [2.24, 2.45) is 0 Å². The summed E-state index contributed by atoms with van der Waals surface area (Å²) < 4.78 is 37.3. The average molecular weight is 160 g/mol. The molecular formula is C7H7ClN2. The summed E-state index contributed by atoms with van der Waals surface area (Å²) >= 11 is 5.59. The lowest BCUT2D eigenvalue weighted by atomic mass is 10.4. The second-order valence-corrected chi connectivity index (χ2v) is 2.22. The lowest BCUT2D eigenvalue weighted by Crippen LogP contribution is -1.89. The Morgan fingerprint density at radius 2 is 2.60 bits per heavy atom. The van der Waals surface area contributed by atoms with Gasteiger partial charge in [0.25, 0.3) is 0 Å². The van der Waals surface area contributed by atoms with Crippen LogP contribution in [0.5, 0.6) is 0 Å². The first-order valence-electron chi connectivity index (χ1n) is 5.24. The largest absolute Gasteiger partial charge is 0.241 e. The number of nitrogens with zero attached hydrogens (tertiary/aromatic N) is 2. The van der Waals surface area contributed by atoms with Gasteiger partial charge in [-0.15, -0.1) is 0 Å². The molecular weight excluding hydrogens is 148 g/mol. The molecule has 10 heavy (non-hydrogen) atoms. The highest BCUT2D eigenvalue weighted by Crippen LogP contribution is 2.37. The smallest absolute Gasteiger partial charge is 0.133 e. The summed E-state index contributed by atoms with van der Waals surface area (Å²) in [6, 6.07) is 1.39. The van der Waals surface area contributed by atoms with Gasteiger partial charge >= 0.3 is 0 Å². The summed E-state index contributed by atoms with van der Waals surface area (Å²) in [7, 11) is 0. The highest BCUT2D eigenvalue weighted by atomic mass is 35.5. The third-order valence-corrected chi connectivity index (χ3v) is 1.31. The molecule has 0 amide bonds. The minimum absolute atomic E-state index is 0.0742. The molecule has 1 heterocycles. The molecule has 2 rings (SSSR count). The molecule has 0 bridgehead atoms. The van der Waals surface area contributed by atoms with Crippen LogP contribution in [0.2, 0.25) is 5.15 Å². The summed E-state index contributed by atoms with van der Waals surface area (Å²) in [5.41, 5.74) is 0. The van der Waals surface area contributed by atoms with Crippen molar-refractivity contribution in [3.63, 3.8) is 0 Å². The normalized spacial score (nSPS) is 37.9. The first-order valence-corrected chi connectivity index (χ1v) is 3.12. The monoisotopic (exact) mass is 159 g/mol. The lowest BCUT2D eigenvalue weighted by molar-refractivity contribution is 0.927. The average Bonchev–Trinajstić information content (AvgIpc) is 2.45. The summed E-state index contributed by atoms with van der Waals surface area (Å²) in [6.07, 6.45) is -3.29. The predicted octanol–water partition coefficient (Wildman–Crippen LogP) is 2.01. The van der Waals surface area contributed by atoms with Crippen LogP contribution >= 0.6 is 11.6 Å². The summed E-state index contributed by atoms with van der Waals surface area (Å²) in [5.74, 6) is -2.28. The van der Waals surface area contributed by atoms with Gasteiger partial charge in [0, 0.05) is 18.9 Å². The second kappa shape index (κ2) is 2.20. The molecule has 0 aliphatic heterocycles. The van der Waals surface area contributed by atoms with Crippen LogP contribution in [0.15, 0.2) is 12.3 Å². The standard InChI is InChI=1S/C7H7ClN2/c8-6-3-4-9-7(10-6)5-1-2-5/h3-5H,1-2H2/i1D2,2D2,5D. The van der Waals surface area contributed by atoms with Gasteiger partial charge in [0.05, 0.1) is 0 Å². The zero-order valence-corrected chi connectivity index (χ0v) is 5.68. The van der Waals surface area contributed by atoms with E-state index in [1.54, 1.807) is 0 Å². The van der Waals surface area contributed by atoms with Gasteiger partial charge in [-0.1, -0.05) is 11.6 Å². The minimum atomic E-state index is -2.29. The minimum Gasteiger partial charge on any atom is -0.241 e. The molecule has 2 nitrogen and oxygen atoms in total. The predicted molar refractivity (Wildman–Crippen MR) is 39.0 cm³/mol. The summed E-state index contributed by atoms with van der Waals surface area (Å²) in [6.45, 7) is 0. The Kier molecular flexibility index (Phi) is 0.612. The maximum Gasteiger partial charge on any atom is 0.133 e. The molecule has 0 aromatic carbocycles. The van der Waals surface area contributed by atoms with Gasteiger partial charge in [0.2, 0.25) is 0 Å². The number of hydrogen-bond acceptors (Lipinski definition) is 2. The fourth-order valence-electron chi connectivity index (χ4n) is 0.600. The van der Waals surface area contributed by atoms with E-state index in [0.717, 1.165) is 0 Å². The van der Waals surface area contributed by atoms with Crippen molar-refractivity contribution in [2.75, 3.05) is 0 Å². The van der Waals surface area contributed by atoms with E-state index < -0.39 is 18.6 Å². The van der Waals surface area contributed by atoms with Crippen molar-refractivity contribution in [3.8, 4) is 0 Å². The van der Waals surface area contributed by atoms with E-state index in [9.17, 15) is 0 Å². The first-order chi connectivity index (χ1) is 6.75. The Morgan fingerprint density at radius 1 is 1.80 bits per heavy atom. The quantitative estimate of drug-likeness (QED) is 0.586. The topological polar surface area (TPSA) is 25.8 Å².